The highest BCUT2D eigenvalue weighted by Crippen LogP contribution is 2.32. The molecule has 0 spiro atoms. The molecule has 0 saturated heterocycles. The molecule has 1 N–H and O–H groups in total. The minimum atomic E-state index is 0.281. The smallest absolute Gasteiger partial charge is 0.137 e. The number of hydrogen-bond acceptors (Lipinski definition) is 4. The lowest BCUT2D eigenvalue weighted by atomic mass is 10.2. The summed E-state index contributed by atoms with van der Waals surface area (Å²) in [5.41, 5.74) is 1.63. The van der Waals surface area contributed by atoms with Gasteiger partial charge in [-0.05, 0) is 24.6 Å². The van der Waals surface area contributed by atoms with Crippen LogP contribution in [0, 0.1) is 12.3 Å². The summed E-state index contributed by atoms with van der Waals surface area (Å²) in [6, 6.07) is 3.50. The Balaban J connectivity index is 2.99. The van der Waals surface area contributed by atoms with E-state index >= 15 is 0 Å². The highest BCUT2D eigenvalue weighted by molar-refractivity contribution is 6.32. The second kappa shape index (κ2) is 5.46. The largest absolute Gasteiger partial charge is 0.495 e. The predicted molar refractivity (Wildman–Crippen MR) is 60.9 cm³/mol. The van der Waals surface area contributed by atoms with Crippen molar-refractivity contribution >= 4 is 23.5 Å². The molecule has 5 heteroatoms. The van der Waals surface area contributed by atoms with Crippen LogP contribution in [0.2, 0.25) is 5.02 Å². The molecule has 1 rings (SSSR count). The number of ether oxygens (including phenoxy) is 1. The van der Waals surface area contributed by atoms with E-state index in [4.69, 9.17) is 21.7 Å². The lowest BCUT2D eigenvalue weighted by Gasteiger charge is -2.05. The summed E-state index contributed by atoms with van der Waals surface area (Å²) in [6.07, 6.45) is 1.18. The number of hydrogen-bond donors (Lipinski definition) is 1. The molecule has 0 amide bonds. The molecule has 0 aliphatic rings. The Morgan fingerprint density at radius 3 is 2.87 bits per heavy atom. The third-order valence-electron chi connectivity index (χ3n) is 1.82. The summed E-state index contributed by atoms with van der Waals surface area (Å²) in [6.45, 7) is 2.18. The Bertz CT molecular complexity index is 390. The first kappa shape index (κ1) is 11.7. The summed E-state index contributed by atoms with van der Waals surface area (Å²) in [7, 11) is 1.57. The Labute approximate surface area is 93.4 Å². The van der Waals surface area contributed by atoms with Crippen LogP contribution < -0.4 is 4.74 Å². The zero-order valence-corrected chi connectivity index (χ0v) is 9.38. The van der Waals surface area contributed by atoms with Gasteiger partial charge in [-0.3, -0.25) is 0 Å². The monoisotopic (exact) mass is 225 g/mol. The third kappa shape index (κ3) is 3.02. The topological polar surface area (TPSA) is 57.8 Å². The van der Waals surface area contributed by atoms with Gasteiger partial charge >= 0.3 is 0 Å². The van der Waals surface area contributed by atoms with Crippen LogP contribution in [0.3, 0.4) is 0 Å². The van der Waals surface area contributed by atoms with Gasteiger partial charge in [-0.25, -0.2) is 0 Å². The number of nitrogens with one attached hydrogen (secondary N) is 1. The van der Waals surface area contributed by atoms with Gasteiger partial charge in [-0.1, -0.05) is 11.6 Å². The fourth-order valence-electron chi connectivity index (χ4n) is 1.07. The fourth-order valence-corrected chi connectivity index (χ4v) is 1.30. The molecule has 0 fully saturated rings. The van der Waals surface area contributed by atoms with Gasteiger partial charge in [-0.15, -0.1) is 0 Å². The lowest BCUT2D eigenvalue weighted by Crippen LogP contribution is -1.85. The highest BCUT2D eigenvalue weighted by atomic mass is 35.5. The van der Waals surface area contributed by atoms with Crippen molar-refractivity contribution in [3.8, 4) is 5.75 Å². The Morgan fingerprint density at radius 2 is 2.27 bits per heavy atom. The standard InChI is InChI=1S/C10H12ClN3O/c1-7-5-10(15-2)8(11)6-9(7)14-13-4-3-12/h3,5-6,12H,4H2,1-2H3. The molecule has 0 radical (unpaired) electrons. The molecule has 1 aromatic carbocycles. The molecule has 0 unspecified atom stereocenters. The summed E-state index contributed by atoms with van der Waals surface area (Å²) >= 11 is 5.94. The Morgan fingerprint density at radius 1 is 1.53 bits per heavy atom. The average molecular weight is 226 g/mol. The molecular formula is C10H12ClN3O. The molecule has 80 valence electrons. The number of nitrogens with zero attached hydrogens (tertiary/aromatic N) is 2. The molecule has 0 aliphatic carbocycles. The number of rotatable bonds is 4. The van der Waals surface area contributed by atoms with Gasteiger partial charge in [0.2, 0.25) is 0 Å². The molecular weight excluding hydrogens is 214 g/mol. The first-order chi connectivity index (χ1) is 7.19. The maximum Gasteiger partial charge on any atom is 0.137 e. The number of aryl methyl sites for hydroxylation is 1. The van der Waals surface area contributed by atoms with Crippen LogP contribution in [0.1, 0.15) is 5.56 Å². The van der Waals surface area contributed by atoms with Crippen molar-refractivity contribution in [1.29, 1.82) is 5.41 Å². The normalized spacial score (nSPS) is 10.6. The first-order valence-corrected chi connectivity index (χ1v) is 4.77. The first-order valence-electron chi connectivity index (χ1n) is 4.39. The van der Waals surface area contributed by atoms with E-state index in [1.54, 1.807) is 19.2 Å². The van der Waals surface area contributed by atoms with Crippen molar-refractivity contribution in [2.75, 3.05) is 13.7 Å². The van der Waals surface area contributed by atoms with E-state index in [2.05, 4.69) is 10.2 Å². The zero-order chi connectivity index (χ0) is 11.3. The third-order valence-corrected chi connectivity index (χ3v) is 2.12. The van der Waals surface area contributed by atoms with E-state index in [9.17, 15) is 0 Å². The van der Waals surface area contributed by atoms with E-state index in [0.29, 0.717) is 16.5 Å². The molecule has 15 heavy (non-hydrogen) atoms. The van der Waals surface area contributed by atoms with Crippen LogP contribution in [0.4, 0.5) is 5.69 Å². The number of methoxy groups -OCH3 is 1. The van der Waals surface area contributed by atoms with Crippen molar-refractivity contribution in [1.82, 2.24) is 0 Å². The predicted octanol–water partition coefficient (Wildman–Crippen LogP) is 3.39. The summed E-state index contributed by atoms with van der Waals surface area (Å²) < 4.78 is 5.07. The molecule has 1 aromatic rings. The Hall–Kier alpha value is -1.42. The van der Waals surface area contributed by atoms with Crippen LogP contribution >= 0.6 is 11.6 Å². The van der Waals surface area contributed by atoms with Gasteiger partial charge in [0.05, 0.1) is 24.4 Å². The maximum atomic E-state index is 6.80. The van der Waals surface area contributed by atoms with Crippen LogP contribution in [0.25, 0.3) is 0 Å². The number of halogens is 1. The van der Waals surface area contributed by atoms with Crippen LogP contribution in [0.5, 0.6) is 5.75 Å². The van der Waals surface area contributed by atoms with E-state index < -0.39 is 0 Å². The molecule has 4 nitrogen and oxygen atoms in total. The van der Waals surface area contributed by atoms with Gasteiger partial charge in [0.15, 0.2) is 0 Å². The molecule has 0 aromatic heterocycles. The lowest BCUT2D eigenvalue weighted by molar-refractivity contribution is 0.415. The quantitative estimate of drug-likeness (QED) is 0.620. The van der Waals surface area contributed by atoms with Crippen LogP contribution in [0.15, 0.2) is 22.4 Å². The van der Waals surface area contributed by atoms with Crippen LogP contribution in [-0.2, 0) is 0 Å². The van der Waals surface area contributed by atoms with E-state index in [-0.39, 0.29) is 6.54 Å². The van der Waals surface area contributed by atoms with Crippen molar-refractivity contribution in [2.45, 2.75) is 6.92 Å². The second-order valence-corrected chi connectivity index (χ2v) is 3.31. The minimum absolute atomic E-state index is 0.281. The molecule has 0 saturated carbocycles. The zero-order valence-electron chi connectivity index (χ0n) is 8.62. The molecule has 0 bridgehead atoms. The van der Waals surface area contributed by atoms with Gasteiger partial charge in [0, 0.05) is 6.21 Å². The molecule has 0 aliphatic heterocycles. The van der Waals surface area contributed by atoms with Gasteiger partial charge in [0.1, 0.15) is 5.75 Å². The fraction of sp³-hybridized carbons (Fsp3) is 0.300. The molecule has 0 heterocycles. The van der Waals surface area contributed by atoms with Crippen molar-refractivity contribution < 1.29 is 4.74 Å². The van der Waals surface area contributed by atoms with Gasteiger partial charge < -0.3 is 10.1 Å². The van der Waals surface area contributed by atoms with Crippen molar-refractivity contribution in [3.63, 3.8) is 0 Å². The van der Waals surface area contributed by atoms with Gasteiger partial charge in [0.25, 0.3) is 0 Å². The number of azo groups is 1. The van der Waals surface area contributed by atoms with Gasteiger partial charge in [-0.2, -0.15) is 10.2 Å². The molecule has 0 atom stereocenters. The summed E-state index contributed by atoms with van der Waals surface area (Å²) in [5.74, 6) is 0.625. The summed E-state index contributed by atoms with van der Waals surface area (Å²) in [4.78, 5) is 0. The maximum absolute atomic E-state index is 6.80. The van der Waals surface area contributed by atoms with E-state index in [1.807, 2.05) is 6.92 Å². The van der Waals surface area contributed by atoms with E-state index in [0.717, 1.165) is 5.56 Å². The van der Waals surface area contributed by atoms with E-state index in [1.165, 1.54) is 6.21 Å². The summed E-state index contributed by atoms with van der Waals surface area (Å²) in [5, 5.41) is 15.1. The van der Waals surface area contributed by atoms with Crippen molar-refractivity contribution in [3.05, 3.63) is 22.7 Å². The minimum Gasteiger partial charge on any atom is -0.495 e. The SMILES string of the molecule is COc1cc(C)c(N=NCC=N)cc1Cl. The second-order valence-electron chi connectivity index (χ2n) is 2.90. The Kier molecular flexibility index (Phi) is 4.24. The van der Waals surface area contributed by atoms with Crippen LogP contribution in [-0.4, -0.2) is 19.9 Å². The highest BCUT2D eigenvalue weighted by Gasteiger charge is 2.05. The average Bonchev–Trinajstić information content (AvgIpc) is 2.23. The number of benzene rings is 1. The van der Waals surface area contributed by atoms with Crippen molar-refractivity contribution in [2.24, 2.45) is 10.2 Å².